The molecule has 0 heterocycles. The van der Waals surface area contributed by atoms with Crippen molar-refractivity contribution in [1.82, 2.24) is 5.32 Å². The Bertz CT molecular complexity index is 558. The smallest absolute Gasteiger partial charge is 0.134 e. The molecule has 0 aliphatic carbocycles. The van der Waals surface area contributed by atoms with Crippen LogP contribution in [0.25, 0.3) is 0 Å². The summed E-state index contributed by atoms with van der Waals surface area (Å²) in [5.41, 5.74) is 0.439. The second-order valence-corrected chi connectivity index (χ2v) is 4.06. The topological polar surface area (TPSA) is 21.3 Å². The zero-order valence-corrected chi connectivity index (χ0v) is 10.6. The lowest BCUT2D eigenvalue weighted by molar-refractivity contribution is 0.458. The average molecular weight is 263 g/mol. The molecule has 1 N–H and O–H groups in total. The zero-order chi connectivity index (χ0) is 13.7. The normalized spacial score (nSPS) is 10.5. The first-order chi connectivity index (χ1) is 9.20. The van der Waals surface area contributed by atoms with Crippen molar-refractivity contribution in [1.29, 1.82) is 0 Å². The molecule has 2 rings (SSSR count). The molecule has 0 aromatic heterocycles. The molecule has 2 aromatic rings. The Hall–Kier alpha value is -1.94. The summed E-state index contributed by atoms with van der Waals surface area (Å²) in [5, 5.41) is 3.05. The summed E-state index contributed by atoms with van der Waals surface area (Å²) in [6.45, 7) is 3.04. The third kappa shape index (κ3) is 3.51. The Morgan fingerprint density at radius 2 is 1.89 bits per heavy atom. The van der Waals surface area contributed by atoms with E-state index in [0.717, 1.165) is 6.54 Å². The van der Waals surface area contributed by atoms with Gasteiger partial charge in [-0.2, -0.15) is 0 Å². The van der Waals surface area contributed by atoms with Crippen LogP contribution in [0, 0.1) is 11.6 Å². The van der Waals surface area contributed by atoms with E-state index in [1.807, 2.05) is 6.92 Å². The van der Waals surface area contributed by atoms with Gasteiger partial charge in [0.2, 0.25) is 0 Å². The summed E-state index contributed by atoms with van der Waals surface area (Å²) in [7, 11) is 0. The lowest BCUT2D eigenvalue weighted by Crippen LogP contribution is -2.13. The first-order valence-corrected chi connectivity index (χ1v) is 6.12. The molecule has 2 nitrogen and oxygen atoms in total. The van der Waals surface area contributed by atoms with Crippen LogP contribution in [0.5, 0.6) is 11.5 Å². The van der Waals surface area contributed by atoms with Crippen LogP contribution < -0.4 is 10.1 Å². The van der Waals surface area contributed by atoms with Gasteiger partial charge in [0.25, 0.3) is 0 Å². The highest BCUT2D eigenvalue weighted by atomic mass is 19.1. The van der Waals surface area contributed by atoms with E-state index in [9.17, 15) is 8.78 Å². The first kappa shape index (κ1) is 13.5. The number of hydrogen-bond acceptors (Lipinski definition) is 2. The van der Waals surface area contributed by atoms with E-state index >= 15 is 0 Å². The largest absolute Gasteiger partial charge is 0.457 e. The van der Waals surface area contributed by atoms with Crippen molar-refractivity contribution >= 4 is 0 Å². The van der Waals surface area contributed by atoms with Gasteiger partial charge in [-0.3, -0.25) is 0 Å². The maximum Gasteiger partial charge on any atom is 0.134 e. The maximum atomic E-state index is 13.8. The standard InChI is InChI=1S/C15H15F2NO/c1-2-18-10-13-14(17)7-4-8-15(13)19-12-6-3-5-11(16)9-12/h3-9,18H,2,10H2,1H3. The third-order valence-electron chi connectivity index (χ3n) is 2.65. The van der Waals surface area contributed by atoms with Crippen LogP contribution in [0.4, 0.5) is 8.78 Å². The van der Waals surface area contributed by atoms with Crippen molar-refractivity contribution in [2.24, 2.45) is 0 Å². The van der Waals surface area contributed by atoms with Gasteiger partial charge >= 0.3 is 0 Å². The molecule has 19 heavy (non-hydrogen) atoms. The molecule has 0 unspecified atom stereocenters. The van der Waals surface area contributed by atoms with Gasteiger partial charge in [0.05, 0.1) is 0 Å². The van der Waals surface area contributed by atoms with Crippen LogP contribution in [-0.2, 0) is 6.54 Å². The Kier molecular flexibility index (Phi) is 4.47. The fourth-order valence-electron chi connectivity index (χ4n) is 1.71. The summed E-state index contributed by atoms with van der Waals surface area (Å²) in [6, 6.07) is 10.4. The van der Waals surface area contributed by atoms with E-state index in [1.165, 1.54) is 18.2 Å². The molecular weight excluding hydrogens is 248 g/mol. The molecule has 100 valence electrons. The number of benzene rings is 2. The van der Waals surface area contributed by atoms with Crippen molar-refractivity contribution in [3.63, 3.8) is 0 Å². The molecular formula is C15H15F2NO. The Balaban J connectivity index is 2.26. The highest BCUT2D eigenvalue weighted by Gasteiger charge is 2.10. The Morgan fingerprint density at radius 1 is 1.11 bits per heavy atom. The minimum atomic E-state index is -0.387. The van der Waals surface area contributed by atoms with Crippen LogP contribution >= 0.6 is 0 Å². The fourth-order valence-corrected chi connectivity index (χ4v) is 1.71. The second kappa shape index (κ2) is 6.29. The van der Waals surface area contributed by atoms with Crippen molar-refractivity contribution in [3.05, 3.63) is 59.7 Å². The summed E-state index contributed by atoms with van der Waals surface area (Å²) < 4.78 is 32.4. The SMILES string of the molecule is CCNCc1c(F)cccc1Oc1cccc(F)c1. The fraction of sp³-hybridized carbons (Fsp3) is 0.200. The van der Waals surface area contributed by atoms with E-state index in [0.29, 0.717) is 23.6 Å². The number of hydrogen-bond donors (Lipinski definition) is 1. The molecule has 0 bridgehead atoms. The van der Waals surface area contributed by atoms with Crippen LogP contribution in [0.3, 0.4) is 0 Å². The zero-order valence-electron chi connectivity index (χ0n) is 10.6. The molecule has 2 aromatic carbocycles. The van der Waals surface area contributed by atoms with E-state index in [1.54, 1.807) is 24.3 Å². The van der Waals surface area contributed by atoms with E-state index in [-0.39, 0.29) is 11.6 Å². The van der Waals surface area contributed by atoms with Crippen molar-refractivity contribution in [2.45, 2.75) is 13.5 Å². The predicted octanol–water partition coefficient (Wildman–Crippen LogP) is 3.87. The van der Waals surface area contributed by atoms with Gasteiger partial charge in [-0.15, -0.1) is 0 Å². The summed E-state index contributed by atoms with van der Waals surface area (Å²) >= 11 is 0. The summed E-state index contributed by atoms with van der Waals surface area (Å²) in [5.74, 6) is 0.0203. The third-order valence-corrected chi connectivity index (χ3v) is 2.65. The number of nitrogens with one attached hydrogen (secondary N) is 1. The number of ether oxygens (including phenoxy) is 1. The number of rotatable bonds is 5. The van der Waals surface area contributed by atoms with Gasteiger partial charge in [0.1, 0.15) is 23.1 Å². The monoisotopic (exact) mass is 263 g/mol. The highest BCUT2D eigenvalue weighted by Crippen LogP contribution is 2.27. The molecule has 0 atom stereocenters. The van der Waals surface area contributed by atoms with E-state index in [2.05, 4.69) is 5.32 Å². The average Bonchev–Trinajstić information content (AvgIpc) is 2.38. The first-order valence-electron chi connectivity index (χ1n) is 6.12. The minimum Gasteiger partial charge on any atom is -0.457 e. The Morgan fingerprint density at radius 3 is 2.63 bits per heavy atom. The molecule has 0 aliphatic rings. The van der Waals surface area contributed by atoms with Crippen LogP contribution in [-0.4, -0.2) is 6.54 Å². The second-order valence-electron chi connectivity index (χ2n) is 4.06. The molecule has 4 heteroatoms. The van der Waals surface area contributed by atoms with E-state index < -0.39 is 0 Å². The predicted molar refractivity (Wildman–Crippen MR) is 70.3 cm³/mol. The van der Waals surface area contributed by atoms with Crippen molar-refractivity contribution < 1.29 is 13.5 Å². The van der Waals surface area contributed by atoms with Gasteiger partial charge in [0.15, 0.2) is 0 Å². The van der Waals surface area contributed by atoms with Crippen LogP contribution in [0.2, 0.25) is 0 Å². The van der Waals surface area contributed by atoms with Crippen LogP contribution in [0.1, 0.15) is 12.5 Å². The summed E-state index contributed by atoms with van der Waals surface area (Å²) in [6.07, 6.45) is 0. The molecule has 0 saturated heterocycles. The van der Waals surface area contributed by atoms with Crippen LogP contribution in [0.15, 0.2) is 42.5 Å². The molecule has 0 aliphatic heterocycles. The van der Waals surface area contributed by atoms with Gasteiger partial charge in [0, 0.05) is 18.2 Å². The number of halogens is 2. The molecule has 0 radical (unpaired) electrons. The molecule has 0 saturated carbocycles. The van der Waals surface area contributed by atoms with Gasteiger partial charge in [-0.05, 0) is 30.8 Å². The quantitative estimate of drug-likeness (QED) is 0.884. The molecule has 0 amide bonds. The maximum absolute atomic E-state index is 13.8. The highest BCUT2D eigenvalue weighted by molar-refractivity contribution is 5.38. The van der Waals surface area contributed by atoms with Gasteiger partial charge in [-0.25, -0.2) is 8.78 Å². The van der Waals surface area contributed by atoms with Gasteiger partial charge < -0.3 is 10.1 Å². The van der Waals surface area contributed by atoms with Crippen molar-refractivity contribution in [2.75, 3.05) is 6.54 Å². The minimum absolute atomic E-state index is 0.338. The molecule has 0 spiro atoms. The van der Waals surface area contributed by atoms with Gasteiger partial charge in [-0.1, -0.05) is 19.1 Å². The van der Waals surface area contributed by atoms with E-state index in [4.69, 9.17) is 4.74 Å². The Labute approximate surface area is 111 Å². The van der Waals surface area contributed by atoms with Crippen molar-refractivity contribution in [3.8, 4) is 11.5 Å². The lowest BCUT2D eigenvalue weighted by Gasteiger charge is -2.12. The molecule has 0 fully saturated rings. The lowest BCUT2D eigenvalue weighted by atomic mass is 10.2. The summed E-state index contributed by atoms with van der Waals surface area (Å²) in [4.78, 5) is 0.